The summed E-state index contributed by atoms with van der Waals surface area (Å²) in [5.41, 5.74) is 0.337. The van der Waals surface area contributed by atoms with Crippen LogP contribution < -0.4 is 5.32 Å². The summed E-state index contributed by atoms with van der Waals surface area (Å²) in [5.74, 6) is 3.00. The Labute approximate surface area is 145 Å². The third kappa shape index (κ3) is 3.44. The first-order valence-electron chi connectivity index (χ1n) is 8.94. The molecule has 8 nitrogen and oxygen atoms in total. The molecule has 1 saturated heterocycles. The van der Waals surface area contributed by atoms with E-state index < -0.39 is 0 Å². The lowest BCUT2D eigenvalue weighted by atomic mass is 9.99. The van der Waals surface area contributed by atoms with Crippen LogP contribution in [0, 0.1) is 6.92 Å². The van der Waals surface area contributed by atoms with Crippen molar-refractivity contribution in [3.05, 3.63) is 29.2 Å². The SMILES string of the molecule is Cc1cc(C(=O)NC2CCc3nnc(C4CCOCC4)n3CC2)no1. The van der Waals surface area contributed by atoms with Crippen molar-refractivity contribution in [2.24, 2.45) is 0 Å². The first kappa shape index (κ1) is 16.3. The zero-order valence-corrected chi connectivity index (χ0v) is 14.4. The van der Waals surface area contributed by atoms with Crippen LogP contribution in [0.3, 0.4) is 0 Å². The standard InChI is InChI=1S/C17H23N5O3/c1-11-10-14(21-25-11)17(23)18-13-2-3-15-19-20-16(22(15)7-4-13)12-5-8-24-9-6-12/h10,12-13H,2-9H2,1H3,(H,18,23). The molecular weight excluding hydrogens is 322 g/mol. The van der Waals surface area contributed by atoms with Crippen molar-refractivity contribution in [3.63, 3.8) is 0 Å². The van der Waals surface area contributed by atoms with Crippen molar-refractivity contribution in [2.45, 2.75) is 57.5 Å². The molecule has 1 amide bonds. The van der Waals surface area contributed by atoms with Gasteiger partial charge >= 0.3 is 0 Å². The molecule has 0 radical (unpaired) electrons. The van der Waals surface area contributed by atoms with Gasteiger partial charge in [-0.3, -0.25) is 4.79 Å². The molecule has 1 unspecified atom stereocenters. The van der Waals surface area contributed by atoms with E-state index in [1.807, 2.05) is 0 Å². The van der Waals surface area contributed by atoms with Gasteiger partial charge in [-0.15, -0.1) is 10.2 Å². The third-order valence-electron chi connectivity index (χ3n) is 5.06. The lowest BCUT2D eigenvalue weighted by Crippen LogP contribution is -2.35. The highest BCUT2D eigenvalue weighted by molar-refractivity contribution is 5.92. The second kappa shape index (κ2) is 6.95. The van der Waals surface area contributed by atoms with Crippen LogP contribution in [0.25, 0.3) is 0 Å². The first-order chi connectivity index (χ1) is 12.2. The van der Waals surface area contributed by atoms with E-state index in [4.69, 9.17) is 9.26 Å². The van der Waals surface area contributed by atoms with Crippen molar-refractivity contribution in [3.8, 4) is 0 Å². The predicted octanol–water partition coefficient (Wildman–Crippen LogP) is 1.60. The fourth-order valence-corrected chi connectivity index (χ4v) is 3.65. The Hall–Kier alpha value is -2.22. The molecule has 1 fully saturated rings. The lowest BCUT2D eigenvalue weighted by molar-refractivity contribution is 0.0826. The second-order valence-electron chi connectivity index (χ2n) is 6.83. The van der Waals surface area contributed by atoms with Gasteiger partial charge in [0.1, 0.15) is 17.4 Å². The highest BCUT2D eigenvalue weighted by atomic mass is 16.5. The van der Waals surface area contributed by atoms with Gasteiger partial charge in [0.15, 0.2) is 5.69 Å². The van der Waals surface area contributed by atoms with Crippen LogP contribution in [-0.4, -0.2) is 45.1 Å². The summed E-state index contributed by atoms with van der Waals surface area (Å²) in [5, 5.41) is 15.7. The van der Waals surface area contributed by atoms with Crippen LogP contribution in [0.15, 0.2) is 10.6 Å². The minimum absolute atomic E-state index is 0.105. The van der Waals surface area contributed by atoms with Crippen LogP contribution in [0.5, 0.6) is 0 Å². The molecule has 1 N–H and O–H groups in total. The quantitative estimate of drug-likeness (QED) is 0.908. The summed E-state index contributed by atoms with van der Waals surface area (Å²) >= 11 is 0. The summed E-state index contributed by atoms with van der Waals surface area (Å²) in [7, 11) is 0. The number of hydrogen-bond acceptors (Lipinski definition) is 6. The molecule has 0 spiro atoms. The molecule has 2 aromatic rings. The highest BCUT2D eigenvalue weighted by Crippen LogP contribution is 2.27. The van der Waals surface area contributed by atoms with Gasteiger partial charge in [-0.05, 0) is 32.6 Å². The Morgan fingerprint density at radius 1 is 1.24 bits per heavy atom. The van der Waals surface area contributed by atoms with Gasteiger partial charge in [0, 0.05) is 44.2 Å². The van der Waals surface area contributed by atoms with Crippen molar-refractivity contribution < 1.29 is 14.1 Å². The molecule has 0 saturated carbocycles. The number of aromatic nitrogens is 4. The fraction of sp³-hybridized carbons (Fsp3) is 0.647. The number of nitrogens with one attached hydrogen (secondary N) is 1. The molecule has 0 aromatic carbocycles. The molecule has 4 heterocycles. The van der Waals surface area contributed by atoms with E-state index in [9.17, 15) is 4.79 Å². The van der Waals surface area contributed by atoms with Gasteiger partial charge in [-0.1, -0.05) is 5.16 Å². The fourth-order valence-electron chi connectivity index (χ4n) is 3.65. The number of nitrogens with zero attached hydrogens (tertiary/aromatic N) is 4. The van der Waals surface area contributed by atoms with Crippen molar-refractivity contribution in [1.29, 1.82) is 0 Å². The molecule has 1 atom stereocenters. The maximum atomic E-state index is 12.3. The van der Waals surface area contributed by atoms with Crippen LogP contribution in [0.1, 0.15) is 59.5 Å². The number of carbonyl (C=O) groups is 1. The van der Waals surface area contributed by atoms with Crippen LogP contribution in [0.4, 0.5) is 0 Å². The molecule has 4 rings (SSSR count). The van der Waals surface area contributed by atoms with Crippen LogP contribution >= 0.6 is 0 Å². The third-order valence-corrected chi connectivity index (χ3v) is 5.06. The van der Waals surface area contributed by atoms with Crippen LogP contribution in [0.2, 0.25) is 0 Å². The minimum atomic E-state index is -0.177. The smallest absolute Gasteiger partial charge is 0.273 e. The monoisotopic (exact) mass is 345 g/mol. The van der Waals surface area contributed by atoms with Gasteiger partial charge in [-0.25, -0.2) is 0 Å². The van der Waals surface area contributed by atoms with Gasteiger partial charge in [0.2, 0.25) is 0 Å². The van der Waals surface area contributed by atoms with Gasteiger partial charge < -0.3 is 19.1 Å². The minimum Gasteiger partial charge on any atom is -0.381 e. The summed E-state index contributed by atoms with van der Waals surface area (Å²) in [6, 6.07) is 1.76. The first-order valence-corrected chi connectivity index (χ1v) is 8.94. The van der Waals surface area contributed by atoms with E-state index >= 15 is 0 Å². The highest BCUT2D eigenvalue weighted by Gasteiger charge is 2.27. The molecule has 2 aromatic heterocycles. The Balaban J connectivity index is 1.41. The van der Waals surface area contributed by atoms with E-state index in [1.165, 1.54) is 0 Å². The molecule has 0 aliphatic carbocycles. The zero-order chi connectivity index (χ0) is 17.2. The Morgan fingerprint density at radius 2 is 2.08 bits per heavy atom. The summed E-state index contributed by atoms with van der Waals surface area (Å²) in [6.07, 6.45) is 4.55. The maximum absolute atomic E-state index is 12.3. The molecule has 8 heteroatoms. The van der Waals surface area contributed by atoms with E-state index in [0.717, 1.165) is 63.5 Å². The normalized spacial score (nSPS) is 21.6. The molecular formula is C17H23N5O3. The number of ether oxygens (including phenoxy) is 1. The van der Waals surface area contributed by atoms with Gasteiger partial charge in [-0.2, -0.15) is 0 Å². The lowest BCUT2D eigenvalue weighted by Gasteiger charge is -2.22. The maximum Gasteiger partial charge on any atom is 0.273 e. The van der Waals surface area contributed by atoms with Gasteiger partial charge in [0.05, 0.1) is 0 Å². The number of hydrogen-bond donors (Lipinski definition) is 1. The molecule has 0 bridgehead atoms. The number of rotatable bonds is 3. The Bertz CT molecular complexity index is 747. The van der Waals surface area contributed by atoms with Gasteiger partial charge in [0.25, 0.3) is 5.91 Å². The number of carbonyl (C=O) groups excluding carboxylic acids is 1. The van der Waals surface area contributed by atoms with E-state index in [-0.39, 0.29) is 11.9 Å². The van der Waals surface area contributed by atoms with E-state index in [0.29, 0.717) is 17.4 Å². The Morgan fingerprint density at radius 3 is 2.84 bits per heavy atom. The number of fused-ring (bicyclic) bond motifs is 1. The molecule has 2 aliphatic heterocycles. The van der Waals surface area contributed by atoms with Crippen molar-refractivity contribution in [1.82, 2.24) is 25.2 Å². The second-order valence-corrected chi connectivity index (χ2v) is 6.83. The average molecular weight is 345 g/mol. The van der Waals surface area contributed by atoms with Crippen molar-refractivity contribution >= 4 is 5.91 Å². The molecule has 134 valence electrons. The van der Waals surface area contributed by atoms with E-state index in [1.54, 1.807) is 13.0 Å². The molecule has 25 heavy (non-hydrogen) atoms. The Kier molecular flexibility index (Phi) is 4.52. The van der Waals surface area contributed by atoms with Crippen molar-refractivity contribution in [2.75, 3.05) is 13.2 Å². The summed E-state index contributed by atoms with van der Waals surface area (Å²) in [6.45, 7) is 4.20. The number of amides is 1. The average Bonchev–Trinajstić information content (AvgIpc) is 3.19. The topological polar surface area (TPSA) is 95.1 Å². The number of aryl methyl sites for hydroxylation is 2. The van der Waals surface area contributed by atoms with Crippen LogP contribution in [-0.2, 0) is 17.7 Å². The van der Waals surface area contributed by atoms with E-state index in [2.05, 4.69) is 25.2 Å². The summed E-state index contributed by atoms with van der Waals surface area (Å²) < 4.78 is 12.7. The summed E-state index contributed by atoms with van der Waals surface area (Å²) in [4.78, 5) is 12.3. The predicted molar refractivity (Wildman–Crippen MR) is 88.2 cm³/mol. The zero-order valence-electron chi connectivity index (χ0n) is 14.4. The molecule has 2 aliphatic rings. The largest absolute Gasteiger partial charge is 0.381 e.